The van der Waals surface area contributed by atoms with E-state index in [1.165, 1.54) is 0 Å². The highest BCUT2D eigenvalue weighted by Crippen LogP contribution is 2.33. The lowest BCUT2D eigenvalue weighted by Crippen LogP contribution is -2.11. The van der Waals surface area contributed by atoms with Gasteiger partial charge in [0.1, 0.15) is 5.15 Å². The highest BCUT2D eigenvalue weighted by Gasteiger charge is 2.10. The zero-order chi connectivity index (χ0) is 14.0. The zero-order valence-electron chi connectivity index (χ0n) is 10.4. The monoisotopic (exact) mass is 315 g/mol. The van der Waals surface area contributed by atoms with E-state index in [0.717, 1.165) is 11.4 Å². The van der Waals surface area contributed by atoms with Gasteiger partial charge in [-0.2, -0.15) is 0 Å². The smallest absolute Gasteiger partial charge is 0.151 e. The first-order chi connectivity index (χ1) is 8.99. The summed E-state index contributed by atoms with van der Waals surface area (Å²) in [6.45, 7) is 0. The average molecular weight is 317 g/mol. The van der Waals surface area contributed by atoms with E-state index in [0.29, 0.717) is 15.9 Å². The van der Waals surface area contributed by atoms with Crippen molar-refractivity contribution >= 4 is 52.0 Å². The van der Waals surface area contributed by atoms with E-state index in [-0.39, 0.29) is 5.15 Å². The second-order valence-corrected chi connectivity index (χ2v) is 5.30. The van der Waals surface area contributed by atoms with Crippen LogP contribution in [0.2, 0.25) is 15.2 Å². The molecule has 1 aromatic carbocycles. The van der Waals surface area contributed by atoms with Crippen LogP contribution in [0.4, 0.5) is 17.2 Å². The summed E-state index contributed by atoms with van der Waals surface area (Å²) >= 11 is 17.9. The zero-order valence-corrected chi connectivity index (χ0v) is 12.7. The normalized spacial score (nSPS) is 10.4. The summed E-state index contributed by atoms with van der Waals surface area (Å²) in [5.41, 5.74) is 1.91. The highest BCUT2D eigenvalue weighted by atomic mass is 35.5. The van der Waals surface area contributed by atoms with E-state index in [1.807, 2.05) is 43.3 Å². The molecule has 0 unspecified atom stereocenters. The molecule has 0 aliphatic rings. The standard InChI is InChI=1S/C13H12Cl3N3/c1-19(2)11-6-4-3-5-10(11)17-13-9(15)7-8(14)12(16)18-13/h3-7H,1-2H3,(H,17,18). The van der Waals surface area contributed by atoms with Gasteiger partial charge in [0.2, 0.25) is 0 Å². The Morgan fingerprint density at radius 3 is 2.42 bits per heavy atom. The van der Waals surface area contributed by atoms with E-state index < -0.39 is 0 Å². The van der Waals surface area contributed by atoms with Crippen LogP contribution in [0.15, 0.2) is 30.3 Å². The number of anilines is 3. The number of nitrogens with zero attached hydrogens (tertiary/aromatic N) is 2. The van der Waals surface area contributed by atoms with Crippen molar-refractivity contribution in [1.82, 2.24) is 4.98 Å². The van der Waals surface area contributed by atoms with Crippen molar-refractivity contribution in [3.8, 4) is 0 Å². The van der Waals surface area contributed by atoms with Crippen LogP contribution in [0.1, 0.15) is 0 Å². The van der Waals surface area contributed by atoms with E-state index in [2.05, 4.69) is 10.3 Å². The third kappa shape index (κ3) is 3.24. The maximum absolute atomic E-state index is 6.10. The van der Waals surface area contributed by atoms with Crippen LogP contribution in [0, 0.1) is 0 Å². The van der Waals surface area contributed by atoms with Crippen molar-refractivity contribution < 1.29 is 0 Å². The number of nitrogens with one attached hydrogen (secondary N) is 1. The molecule has 1 aromatic heterocycles. The van der Waals surface area contributed by atoms with Gasteiger partial charge in [-0.15, -0.1) is 0 Å². The molecule has 2 aromatic rings. The Hall–Kier alpha value is -1.16. The van der Waals surface area contributed by atoms with Crippen molar-refractivity contribution in [3.63, 3.8) is 0 Å². The Kier molecular flexibility index (Phi) is 4.40. The predicted molar refractivity (Wildman–Crippen MR) is 83.3 cm³/mol. The number of halogens is 3. The van der Waals surface area contributed by atoms with Crippen LogP contribution >= 0.6 is 34.8 Å². The van der Waals surface area contributed by atoms with Crippen molar-refractivity contribution in [1.29, 1.82) is 0 Å². The molecule has 19 heavy (non-hydrogen) atoms. The number of para-hydroxylation sites is 2. The van der Waals surface area contributed by atoms with Crippen molar-refractivity contribution in [2.75, 3.05) is 24.3 Å². The summed E-state index contributed by atoms with van der Waals surface area (Å²) in [5, 5.41) is 4.13. The summed E-state index contributed by atoms with van der Waals surface area (Å²) in [5.74, 6) is 0.477. The maximum Gasteiger partial charge on any atom is 0.151 e. The SMILES string of the molecule is CN(C)c1ccccc1Nc1nc(Cl)c(Cl)cc1Cl. The fourth-order valence-electron chi connectivity index (χ4n) is 1.63. The Morgan fingerprint density at radius 2 is 1.74 bits per heavy atom. The van der Waals surface area contributed by atoms with E-state index in [1.54, 1.807) is 6.07 Å². The number of aromatic nitrogens is 1. The summed E-state index contributed by atoms with van der Waals surface area (Å²) in [6, 6.07) is 9.40. The first kappa shape index (κ1) is 14.3. The van der Waals surface area contributed by atoms with Gasteiger partial charge >= 0.3 is 0 Å². The minimum absolute atomic E-state index is 0.218. The second-order valence-electron chi connectivity index (χ2n) is 4.13. The lowest BCUT2D eigenvalue weighted by Gasteiger charge is -2.18. The quantitative estimate of drug-likeness (QED) is 0.820. The summed E-state index contributed by atoms with van der Waals surface area (Å²) in [4.78, 5) is 6.13. The van der Waals surface area contributed by atoms with Gasteiger partial charge in [0.05, 0.1) is 21.4 Å². The number of hydrogen-bond acceptors (Lipinski definition) is 3. The van der Waals surface area contributed by atoms with Gasteiger partial charge in [-0.05, 0) is 18.2 Å². The largest absolute Gasteiger partial charge is 0.376 e. The molecule has 6 heteroatoms. The lowest BCUT2D eigenvalue weighted by atomic mass is 10.2. The first-order valence-electron chi connectivity index (χ1n) is 5.54. The molecule has 1 heterocycles. The van der Waals surface area contributed by atoms with E-state index >= 15 is 0 Å². The first-order valence-corrected chi connectivity index (χ1v) is 6.67. The van der Waals surface area contributed by atoms with Crippen LogP contribution in [-0.4, -0.2) is 19.1 Å². The minimum atomic E-state index is 0.218. The molecule has 0 atom stereocenters. The molecular weight excluding hydrogens is 305 g/mol. The van der Waals surface area contributed by atoms with Crippen LogP contribution in [0.25, 0.3) is 0 Å². The number of benzene rings is 1. The lowest BCUT2D eigenvalue weighted by molar-refractivity contribution is 1.13. The average Bonchev–Trinajstić information content (AvgIpc) is 2.36. The van der Waals surface area contributed by atoms with Crippen LogP contribution < -0.4 is 10.2 Å². The molecule has 0 fully saturated rings. The molecular formula is C13H12Cl3N3. The molecule has 0 aliphatic carbocycles. The van der Waals surface area contributed by atoms with Gasteiger partial charge in [-0.1, -0.05) is 46.9 Å². The van der Waals surface area contributed by atoms with Gasteiger partial charge in [0.15, 0.2) is 5.82 Å². The molecule has 0 amide bonds. The minimum Gasteiger partial charge on any atom is -0.376 e. The van der Waals surface area contributed by atoms with Crippen LogP contribution in [0.5, 0.6) is 0 Å². The molecule has 0 radical (unpaired) electrons. The fourth-order valence-corrected chi connectivity index (χ4v) is 2.17. The van der Waals surface area contributed by atoms with Gasteiger partial charge in [0, 0.05) is 14.1 Å². The van der Waals surface area contributed by atoms with Crippen molar-refractivity contribution in [2.24, 2.45) is 0 Å². The van der Waals surface area contributed by atoms with Gasteiger partial charge in [0.25, 0.3) is 0 Å². The summed E-state index contributed by atoms with van der Waals surface area (Å²) in [6.07, 6.45) is 0. The summed E-state index contributed by atoms with van der Waals surface area (Å²) < 4.78 is 0. The topological polar surface area (TPSA) is 28.2 Å². The van der Waals surface area contributed by atoms with E-state index in [4.69, 9.17) is 34.8 Å². The second kappa shape index (κ2) is 5.87. The van der Waals surface area contributed by atoms with E-state index in [9.17, 15) is 0 Å². The summed E-state index contributed by atoms with van der Waals surface area (Å²) in [7, 11) is 3.93. The van der Waals surface area contributed by atoms with Gasteiger partial charge < -0.3 is 10.2 Å². The van der Waals surface area contributed by atoms with Crippen LogP contribution in [-0.2, 0) is 0 Å². The molecule has 3 nitrogen and oxygen atoms in total. The molecule has 0 aliphatic heterocycles. The predicted octanol–water partition coefficient (Wildman–Crippen LogP) is 4.85. The van der Waals surface area contributed by atoms with Crippen molar-refractivity contribution in [3.05, 3.63) is 45.5 Å². The molecule has 2 rings (SSSR count). The molecule has 100 valence electrons. The Labute approximate surface area is 127 Å². The Bertz CT molecular complexity index is 600. The van der Waals surface area contributed by atoms with Gasteiger partial charge in [-0.3, -0.25) is 0 Å². The molecule has 0 bridgehead atoms. The number of hydrogen-bond donors (Lipinski definition) is 1. The third-order valence-electron chi connectivity index (χ3n) is 2.53. The number of rotatable bonds is 3. The Balaban J connectivity index is 2.39. The van der Waals surface area contributed by atoms with Gasteiger partial charge in [-0.25, -0.2) is 4.98 Å². The molecule has 0 spiro atoms. The molecule has 1 N–H and O–H groups in total. The highest BCUT2D eigenvalue weighted by molar-refractivity contribution is 6.43. The fraction of sp³-hybridized carbons (Fsp3) is 0.154. The Morgan fingerprint density at radius 1 is 1.05 bits per heavy atom. The maximum atomic E-state index is 6.10. The third-order valence-corrected chi connectivity index (χ3v) is 3.49. The van der Waals surface area contributed by atoms with Crippen molar-refractivity contribution in [2.45, 2.75) is 0 Å². The molecule has 0 saturated carbocycles. The molecule has 0 saturated heterocycles. The van der Waals surface area contributed by atoms with Crippen LogP contribution in [0.3, 0.4) is 0 Å². The number of pyridine rings is 1.